The summed E-state index contributed by atoms with van der Waals surface area (Å²) in [5.41, 5.74) is 0.967. The third-order valence-electron chi connectivity index (χ3n) is 4.03. The molecule has 0 atom stereocenters. The molecule has 3 aromatic rings. The molecule has 0 unspecified atom stereocenters. The van der Waals surface area contributed by atoms with Gasteiger partial charge in [0.25, 0.3) is 5.91 Å². The van der Waals surface area contributed by atoms with Crippen molar-refractivity contribution in [3.05, 3.63) is 81.0 Å². The Bertz CT molecular complexity index is 1010. The first-order valence-electron chi connectivity index (χ1n) is 7.70. The van der Waals surface area contributed by atoms with Crippen molar-refractivity contribution >= 4 is 16.9 Å². The van der Waals surface area contributed by atoms with Crippen molar-refractivity contribution in [2.24, 2.45) is 0 Å². The van der Waals surface area contributed by atoms with E-state index in [1.807, 2.05) is 0 Å². The number of carbonyl (C=O) groups is 1. The maximum Gasteiger partial charge on any atom is 0.349 e. The summed E-state index contributed by atoms with van der Waals surface area (Å²) in [6.45, 7) is 1.36. The van der Waals surface area contributed by atoms with Crippen LogP contribution in [0.1, 0.15) is 27.0 Å². The van der Waals surface area contributed by atoms with E-state index in [9.17, 15) is 14.0 Å². The molecule has 2 aromatic carbocycles. The van der Waals surface area contributed by atoms with Crippen LogP contribution in [0.25, 0.3) is 11.0 Å². The summed E-state index contributed by atoms with van der Waals surface area (Å²) in [4.78, 5) is 24.6. The molecule has 25 heavy (non-hydrogen) atoms. The van der Waals surface area contributed by atoms with Gasteiger partial charge >= 0.3 is 5.63 Å². The zero-order valence-electron chi connectivity index (χ0n) is 13.5. The molecule has 0 saturated heterocycles. The Morgan fingerprint density at radius 2 is 2.00 bits per heavy atom. The third kappa shape index (κ3) is 3.29. The van der Waals surface area contributed by atoms with Crippen LogP contribution in [-0.4, -0.2) is 11.0 Å². The van der Waals surface area contributed by atoms with E-state index < -0.39 is 24.0 Å². The van der Waals surface area contributed by atoms with Crippen molar-refractivity contribution < 1.29 is 18.7 Å². The molecule has 0 aliphatic rings. The highest BCUT2D eigenvalue weighted by atomic mass is 19.1. The Labute approximate surface area is 142 Å². The first-order chi connectivity index (χ1) is 12.0. The number of rotatable bonds is 4. The van der Waals surface area contributed by atoms with Gasteiger partial charge in [0.1, 0.15) is 17.0 Å². The summed E-state index contributed by atoms with van der Waals surface area (Å²) in [6.07, 6.45) is 0. The number of para-hydroxylation sites is 1. The van der Waals surface area contributed by atoms with Crippen molar-refractivity contribution in [1.82, 2.24) is 5.32 Å². The third-order valence-corrected chi connectivity index (χ3v) is 4.03. The van der Waals surface area contributed by atoms with Crippen molar-refractivity contribution in [3.8, 4) is 0 Å². The molecule has 1 heterocycles. The van der Waals surface area contributed by atoms with Gasteiger partial charge in [-0.25, -0.2) is 9.18 Å². The minimum Gasteiger partial charge on any atom is -0.422 e. The smallest absolute Gasteiger partial charge is 0.349 e. The van der Waals surface area contributed by atoms with Crippen molar-refractivity contribution in [3.63, 3.8) is 0 Å². The van der Waals surface area contributed by atoms with Crippen LogP contribution in [0.3, 0.4) is 0 Å². The average Bonchev–Trinajstić information content (AvgIpc) is 2.61. The molecular formula is C19H16FNO4. The second-order valence-electron chi connectivity index (χ2n) is 5.65. The Hall–Kier alpha value is -2.99. The monoisotopic (exact) mass is 341 g/mol. The fourth-order valence-electron chi connectivity index (χ4n) is 2.70. The fourth-order valence-corrected chi connectivity index (χ4v) is 2.70. The Balaban J connectivity index is 1.87. The van der Waals surface area contributed by atoms with Gasteiger partial charge in [0.15, 0.2) is 0 Å². The van der Waals surface area contributed by atoms with E-state index in [4.69, 9.17) is 9.52 Å². The largest absolute Gasteiger partial charge is 0.422 e. The molecule has 2 N–H and O–H groups in total. The maximum atomic E-state index is 13.4. The quantitative estimate of drug-likeness (QED) is 0.715. The van der Waals surface area contributed by atoms with Crippen LogP contribution in [0.2, 0.25) is 0 Å². The molecule has 0 aliphatic carbocycles. The van der Waals surface area contributed by atoms with Gasteiger partial charge in [-0.15, -0.1) is 0 Å². The van der Waals surface area contributed by atoms with Gasteiger partial charge in [-0.3, -0.25) is 4.79 Å². The summed E-state index contributed by atoms with van der Waals surface area (Å²) in [5.74, 6) is -1.07. The van der Waals surface area contributed by atoms with Gasteiger partial charge < -0.3 is 14.8 Å². The zero-order valence-corrected chi connectivity index (χ0v) is 13.5. The van der Waals surface area contributed by atoms with Crippen LogP contribution < -0.4 is 10.9 Å². The van der Waals surface area contributed by atoms with E-state index in [0.717, 1.165) is 0 Å². The lowest BCUT2D eigenvalue weighted by atomic mass is 10.1. The van der Waals surface area contributed by atoms with Crippen LogP contribution in [-0.2, 0) is 13.2 Å². The zero-order chi connectivity index (χ0) is 18.0. The van der Waals surface area contributed by atoms with Crippen LogP contribution in [0.5, 0.6) is 0 Å². The lowest BCUT2D eigenvalue weighted by Crippen LogP contribution is -2.29. The van der Waals surface area contributed by atoms with Gasteiger partial charge in [0, 0.05) is 17.5 Å². The standard InChI is InChI=1S/C19H16FNO4/c1-11-14-4-2-3-5-16(14)25-19(24)17(11)18(23)21-9-12-6-7-15(20)13(8-12)10-22/h2-8,22H,9-10H2,1H3,(H,21,23). The molecule has 0 saturated carbocycles. The summed E-state index contributed by atoms with van der Waals surface area (Å²) < 4.78 is 18.6. The van der Waals surface area contributed by atoms with E-state index in [-0.39, 0.29) is 17.7 Å². The first-order valence-corrected chi connectivity index (χ1v) is 7.70. The van der Waals surface area contributed by atoms with Crippen molar-refractivity contribution in [2.45, 2.75) is 20.1 Å². The number of nitrogens with one attached hydrogen (secondary N) is 1. The number of carbonyl (C=O) groups excluding carboxylic acids is 1. The van der Waals surface area contributed by atoms with Crippen LogP contribution in [0, 0.1) is 12.7 Å². The molecule has 0 radical (unpaired) electrons. The van der Waals surface area contributed by atoms with E-state index in [0.29, 0.717) is 22.1 Å². The Kier molecular flexibility index (Phi) is 4.63. The maximum absolute atomic E-state index is 13.4. The number of aliphatic hydroxyl groups excluding tert-OH is 1. The summed E-state index contributed by atoms with van der Waals surface area (Å²) in [7, 11) is 0. The molecule has 128 valence electrons. The van der Waals surface area contributed by atoms with Crippen LogP contribution in [0.4, 0.5) is 4.39 Å². The number of aryl methyl sites for hydroxylation is 1. The number of hydrogen-bond donors (Lipinski definition) is 2. The normalized spacial score (nSPS) is 10.8. The SMILES string of the molecule is Cc1c(C(=O)NCc2ccc(F)c(CO)c2)c(=O)oc2ccccc12. The molecule has 3 rings (SSSR count). The highest BCUT2D eigenvalue weighted by molar-refractivity contribution is 5.99. The summed E-state index contributed by atoms with van der Waals surface area (Å²) >= 11 is 0. The lowest BCUT2D eigenvalue weighted by Gasteiger charge is -2.09. The molecule has 5 nitrogen and oxygen atoms in total. The van der Waals surface area contributed by atoms with Crippen molar-refractivity contribution in [2.75, 3.05) is 0 Å². The Morgan fingerprint density at radius 3 is 2.76 bits per heavy atom. The fraction of sp³-hybridized carbons (Fsp3) is 0.158. The Morgan fingerprint density at radius 1 is 1.24 bits per heavy atom. The average molecular weight is 341 g/mol. The highest BCUT2D eigenvalue weighted by Gasteiger charge is 2.18. The molecule has 1 amide bonds. The van der Waals surface area contributed by atoms with Gasteiger partial charge in [-0.05, 0) is 36.2 Å². The number of fused-ring (bicyclic) bond motifs is 1. The summed E-state index contributed by atoms with van der Waals surface area (Å²) in [6, 6.07) is 11.2. The van der Waals surface area contributed by atoms with Gasteiger partial charge in [-0.2, -0.15) is 0 Å². The van der Waals surface area contributed by atoms with E-state index in [1.54, 1.807) is 31.2 Å². The van der Waals surface area contributed by atoms with Gasteiger partial charge in [-0.1, -0.05) is 24.3 Å². The first kappa shape index (κ1) is 16.9. The number of aliphatic hydroxyl groups is 1. The van der Waals surface area contributed by atoms with Crippen molar-refractivity contribution in [1.29, 1.82) is 0 Å². The molecule has 0 spiro atoms. The predicted octanol–water partition coefficient (Wildman–Crippen LogP) is 2.66. The molecule has 0 bridgehead atoms. The topological polar surface area (TPSA) is 79.5 Å². The number of halogens is 1. The predicted molar refractivity (Wildman–Crippen MR) is 90.7 cm³/mol. The number of benzene rings is 2. The number of hydrogen-bond acceptors (Lipinski definition) is 4. The second kappa shape index (κ2) is 6.86. The molecule has 0 aliphatic heterocycles. The molecule has 0 fully saturated rings. The molecular weight excluding hydrogens is 325 g/mol. The summed E-state index contributed by atoms with van der Waals surface area (Å²) in [5, 5.41) is 12.4. The van der Waals surface area contributed by atoms with E-state index in [1.165, 1.54) is 18.2 Å². The second-order valence-corrected chi connectivity index (χ2v) is 5.65. The van der Waals surface area contributed by atoms with Crippen LogP contribution in [0.15, 0.2) is 51.7 Å². The van der Waals surface area contributed by atoms with E-state index >= 15 is 0 Å². The molecule has 6 heteroatoms. The highest BCUT2D eigenvalue weighted by Crippen LogP contribution is 2.19. The van der Waals surface area contributed by atoms with Crippen LogP contribution >= 0.6 is 0 Å². The van der Waals surface area contributed by atoms with Gasteiger partial charge in [0.05, 0.1) is 6.61 Å². The molecule has 1 aromatic heterocycles. The lowest BCUT2D eigenvalue weighted by molar-refractivity contribution is 0.0946. The minimum atomic E-state index is -0.705. The van der Waals surface area contributed by atoms with Gasteiger partial charge in [0.2, 0.25) is 0 Å². The minimum absolute atomic E-state index is 0.0526. The number of amides is 1. The van der Waals surface area contributed by atoms with E-state index in [2.05, 4.69) is 5.32 Å².